The molecule has 1 amide bonds. The highest BCUT2D eigenvalue weighted by Crippen LogP contribution is 2.35. The largest absolute Gasteiger partial charge is 0.508 e. The molecule has 0 radical (unpaired) electrons. The van der Waals surface area contributed by atoms with Gasteiger partial charge < -0.3 is 15.2 Å². The highest BCUT2D eigenvalue weighted by atomic mass is 32.2. The summed E-state index contributed by atoms with van der Waals surface area (Å²) in [6.45, 7) is 0.493. The molecule has 0 unspecified atom stereocenters. The van der Waals surface area contributed by atoms with Gasteiger partial charge in [0.25, 0.3) is 0 Å². The number of hydrogen-bond acceptors (Lipinski definition) is 5. The number of nitrogens with one attached hydrogen (secondary N) is 1. The summed E-state index contributed by atoms with van der Waals surface area (Å²) in [5.74, 6) is 0.343. The van der Waals surface area contributed by atoms with Crippen LogP contribution < -0.4 is 10.1 Å². The number of rotatable bonds is 3. The number of aromatic hydroxyl groups is 1. The first-order chi connectivity index (χ1) is 12.9. The Kier molecular flexibility index (Phi) is 4.53. The monoisotopic (exact) mass is 388 g/mol. The Hall–Kier alpha value is -2.58. The Labute approximate surface area is 157 Å². The fourth-order valence-electron chi connectivity index (χ4n) is 3.61. The second-order valence-corrected chi connectivity index (χ2v) is 8.69. The number of fused-ring (bicyclic) bond motifs is 2. The van der Waals surface area contributed by atoms with Gasteiger partial charge in [-0.2, -0.15) is 4.31 Å². The summed E-state index contributed by atoms with van der Waals surface area (Å²) in [4.78, 5) is 12.5. The minimum absolute atomic E-state index is 0.147. The van der Waals surface area contributed by atoms with Crippen LogP contribution in [0, 0.1) is 0 Å². The van der Waals surface area contributed by atoms with Crippen LogP contribution in [0.25, 0.3) is 0 Å². The second-order valence-electron chi connectivity index (χ2n) is 6.83. The lowest BCUT2D eigenvalue weighted by molar-refractivity contribution is -0.121. The normalized spacial score (nSPS) is 23.6. The zero-order valence-electron chi connectivity index (χ0n) is 14.5. The van der Waals surface area contributed by atoms with Crippen LogP contribution in [0.15, 0.2) is 53.4 Å². The number of amides is 1. The van der Waals surface area contributed by atoms with Crippen molar-refractivity contribution in [3.8, 4) is 11.5 Å². The Morgan fingerprint density at radius 2 is 1.93 bits per heavy atom. The van der Waals surface area contributed by atoms with Crippen molar-refractivity contribution in [3.63, 3.8) is 0 Å². The number of carbonyl (C=O) groups excluding carboxylic acids is 1. The molecule has 27 heavy (non-hydrogen) atoms. The molecule has 0 aromatic heterocycles. The highest BCUT2D eigenvalue weighted by Gasteiger charge is 2.44. The minimum atomic E-state index is -3.66. The van der Waals surface area contributed by atoms with Gasteiger partial charge in [-0.25, -0.2) is 8.42 Å². The predicted molar refractivity (Wildman–Crippen MR) is 98.0 cm³/mol. The quantitative estimate of drug-likeness (QED) is 0.826. The smallest absolute Gasteiger partial charge is 0.247 e. The van der Waals surface area contributed by atoms with Gasteiger partial charge in [0.2, 0.25) is 15.9 Å². The maximum Gasteiger partial charge on any atom is 0.247 e. The predicted octanol–water partition coefficient (Wildman–Crippen LogP) is 1.28. The third-order valence-corrected chi connectivity index (χ3v) is 6.86. The molecule has 2 aliphatic rings. The number of para-hydroxylation sites is 1. The van der Waals surface area contributed by atoms with Gasteiger partial charge in [-0.3, -0.25) is 4.79 Å². The molecule has 1 saturated heterocycles. The lowest BCUT2D eigenvalue weighted by atomic mass is 10.1. The lowest BCUT2D eigenvalue weighted by Crippen LogP contribution is -2.40. The SMILES string of the molecule is O=C(Cc1ccc(O)cc1)N[C@H]1C[C@H]2COc3ccccc3S(=O)(=O)N2C1. The molecule has 8 heteroatoms. The molecule has 2 N–H and O–H groups in total. The number of ether oxygens (including phenoxy) is 1. The van der Waals surface area contributed by atoms with Gasteiger partial charge in [-0.15, -0.1) is 0 Å². The molecular formula is C19H20N2O5S. The molecule has 7 nitrogen and oxygen atoms in total. The number of nitrogens with zero attached hydrogens (tertiary/aromatic N) is 1. The van der Waals surface area contributed by atoms with E-state index in [0.717, 1.165) is 5.56 Å². The molecule has 0 bridgehead atoms. The summed E-state index contributed by atoms with van der Waals surface area (Å²) in [5.41, 5.74) is 0.780. The van der Waals surface area contributed by atoms with E-state index >= 15 is 0 Å². The van der Waals surface area contributed by atoms with Gasteiger partial charge in [0.15, 0.2) is 0 Å². The van der Waals surface area contributed by atoms with Crippen molar-refractivity contribution in [1.29, 1.82) is 0 Å². The molecule has 2 aromatic rings. The zero-order chi connectivity index (χ0) is 19.0. The van der Waals surface area contributed by atoms with Gasteiger partial charge in [0.05, 0.1) is 12.5 Å². The fourth-order valence-corrected chi connectivity index (χ4v) is 5.41. The van der Waals surface area contributed by atoms with Gasteiger partial charge in [0, 0.05) is 12.6 Å². The van der Waals surface area contributed by atoms with E-state index in [4.69, 9.17) is 4.74 Å². The van der Waals surface area contributed by atoms with Crippen LogP contribution in [-0.4, -0.2) is 49.0 Å². The topological polar surface area (TPSA) is 95.9 Å². The zero-order valence-corrected chi connectivity index (χ0v) is 15.4. The molecule has 4 rings (SSSR count). The summed E-state index contributed by atoms with van der Waals surface area (Å²) in [6, 6.07) is 12.5. The first-order valence-electron chi connectivity index (χ1n) is 8.74. The molecule has 2 heterocycles. The van der Waals surface area contributed by atoms with E-state index < -0.39 is 10.0 Å². The van der Waals surface area contributed by atoms with E-state index in [-0.39, 0.29) is 48.2 Å². The molecule has 0 aliphatic carbocycles. The average molecular weight is 388 g/mol. The van der Waals surface area contributed by atoms with E-state index in [1.54, 1.807) is 36.4 Å². The number of sulfonamides is 1. The number of phenols is 1. The third kappa shape index (κ3) is 3.50. The van der Waals surface area contributed by atoms with Crippen molar-refractivity contribution >= 4 is 15.9 Å². The van der Waals surface area contributed by atoms with Gasteiger partial charge in [-0.1, -0.05) is 24.3 Å². The summed E-state index contributed by atoms with van der Waals surface area (Å²) < 4.78 is 33.1. The number of hydrogen-bond donors (Lipinski definition) is 2. The maximum absolute atomic E-state index is 13.0. The molecule has 0 spiro atoms. The molecule has 2 atom stereocenters. The van der Waals surface area contributed by atoms with E-state index in [1.807, 2.05) is 0 Å². The summed E-state index contributed by atoms with van der Waals surface area (Å²) >= 11 is 0. The summed E-state index contributed by atoms with van der Waals surface area (Å²) in [5, 5.41) is 12.2. The average Bonchev–Trinajstić information content (AvgIpc) is 3.01. The van der Waals surface area contributed by atoms with Gasteiger partial charge in [-0.05, 0) is 36.2 Å². The maximum atomic E-state index is 13.0. The van der Waals surface area contributed by atoms with Crippen LogP contribution in [0.5, 0.6) is 11.5 Å². The Balaban J connectivity index is 1.45. The van der Waals surface area contributed by atoms with E-state index in [1.165, 1.54) is 16.4 Å². The molecule has 2 aliphatic heterocycles. The Morgan fingerprint density at radius 3 is 2.70 bits per heavy atom. The van der Waals surface area contributed by atoms with Crippen LogP contribution in [0.4, 0.5) is 0 Å². The van der Waals surface area contributed by atoms with E-state index in [0.29, 0.717) is 12.2 Å². The van der Waals surface area contributed by atoms with Crippen molar-refractivity contribution in [2.45, 2.75) is 29.8 Å². The molecule has 0 saturated carbocycles. The first-order valence-corrected chi connectivity index (χ1v) is 10.2. The van der Waals surface area contributed by atoms with Crippen LogP contribution >= 0.6 is 0 Å². The first kappa shape index (κ1) is 17.8. The summed E-state index contributed by atoms with van der Waals surface area (Å²) in [6.07, 6.45) is 0.683. The Bertz CT molecular complexity index is 958. The number of benzene rings is 2. The van der Waals surface area contributed by atoms with E-state index in [9.17, 15) is 18.3 Å². The second kappa shape index (κ2) is 6.86. The van der Waals surface area contributed by atoms with Gasteiger partial charge in [0.1, 0.15) is 23.0 Å². The molecule has 2 aromatic carbocycles. The highest BCUT2D eigenvalue weighted by molar-refractivity contribution is 7.89. The minimum Gasteiger partial charge on any atom is -0.508 e. The molecular weight excluding hydrogens is 368 g/mol. The van der Waals surface area contributed by atoms with Gasteiger partial charge >= 0.3 is 0 Å². The van der Waals surface area contributed by atoms with Crippen LogP contribution in [0.2, 0.25) is 0 Å². The lowest BCUT2D eigenvalue weighted by Gasteiger charge is -2.19. The molecule has 1 fully saturated rings. The standard InChI is InChI=1S/C19H20N2O5S/c22-16-7-5-13(6-8-16)9-19(23)20-14-10-15-12-26-17-3-1-2-4-18(17)27(24,25)21(15)11-14/h1-8,14-15,22H,9-12H2,(H,20,23)/t14-,15-/m0/s1. The summed E-state index contributed by atoms with van der Waals surface area (Å²) in [7, 11) is -3.66. The fraction of sp³-hybridized carbons (Fsp3) is 0.316. The number of phenolic OH excluding ortho intramolecular Hbond substituents is 1. The van der Waals surface area contributed by atoms with Crippen LogP contribution in [-0.2, 0) is 21.2 Å². The van der Waals surface area contributed by atoms with E-state index in [2.05, 4.69) is 5.32 Å². The third-order valence-electron chi connectivity index (χ3n) is 4.90. The van der Waals surface area contributed by atoms with Crippen molar-refractivity contribution in [2.24, 2.45) is 0 Å². The van der Waals surface area contributed by atoms with Crippen molar-refractivity contribution in [1.82, 2.24) is 9.62 Å². The Morgan fingerprint density at radius 1 is 1.19 bits per heavy atom. The van der Waals surface area contributed by atoms with Crippen molar-refractivity contribution < 1.29 is 23.1 Å². The molecule has 142 valence electrons. The van der Waals surface area contributed by atoms with Crippen LogP contribution in [0.3, 0.4) is 0 Å². The van der Waals surface area contributed by atoms with Crippen LogP contribution in [0.1, 0.15) is 12.0 Å². The van der Waals surface area contributed by atoms with Crippen molar-refractivity contribution in [3.05, 3.63) is 54.1 Å². The van der Waals surface area contributed by atoms with Crippen molar-refractivity contribution in [2.75, 3.05) is 13.2 Å². The number of carbonyl (C=O) groups is 1.